The van der Waals surface area contributed by atoms with Crippen LogP contribution in [0.25, 0.3) is 0 Å². The number of nitrogens with two attached hydrogens (primary N) is 1. The standard InChI is InChI=1S/C13H28N2/c1-4-8-15(11(2)3)10-13-7-5-6-12(13)9-14/h11-13H,4-10,14H2,1-3H3. The first-order valence-electron chi connectivity index (χ1n) is 6.63. The van der Waals surface area contributed by atoms with Crippen LogP contribution in [0.5, 0.6) is 0 Å². The first kappa shape index (κ1) is 13.0. The van der Waals surface area contributed by atoms with Crippen molar-refractivity contribution in [1.82, 2.24) is 4.90 Å². The average molecular weight is 212 g/mol. The van der Waals surface area contributed by atoms with E-state index >= 15 is 0 Å². The lowest BCUT2D eigenvalue weighted by molar-refractivity contribution is 0.170. The van der Waals surface area contributed by atoms with Gasteiger partial charge in [0.1, 0.15) is 0 Å². The molecule has 2 N–H and O–H groups in total. The first-order chi connectivity index (χ1) is 7.19. The Morgan fingerprint density at radius 1 is 1.27 bits per heavy atom. The van der Waals surface area contributed by atoms with Crippen molar-refractivity contribution in [3.05, 3.63) is 0 Å². The highest BCUT2D eigenvalue weighted by molar-refractivity contribution is 4.81. The van der Waals surface area contributed by atoms with Gasteiger partial charge in [0.2, 0.25) is 0 Å². The summed E-state index contributed by atoms with van der Waals surface area (Å²) >= 11 is 0. The SMILES string of the molecule is CCCN(CC1CCCC1CN)C(C)C. The lowest BCUT2D eigenvalue weighted by atomic mass is 9.95. The van der Waals surface area contributed by atoms with E-state index in [1.165, 1.54) is 38.8 Å². The van der Waals surface area contributed by atoms with Crippen molar-refractivity contribution < 1.29 is 0 Å². The van der Waals surface area contributed by atoms with Crippen LogP contribution in [0.1, 0.15) is 46.5 Å². The van der Waals surface area contributed by atoms with E-state index in [4.69, 9.17) is 5.73 Å². The van der Waals surface area contributed by atoms with E-state index in [2.05, 4.69) is 25.7 Å². The van der Waals surface area contributed by atoms with Crippen molar-refractivity contribution in [3.63, 3.8) is 0 Å². The van der Waals surface area contributed by atoms with Gasteiger partial charge in [-0.1, -0.05) is 13.3 Å². The van der Waals surface area contributed by atoms with Crippen LogP contribution in [0.4, 0.5) is 0 Å². The molecule has 0 heterocycles. The molecule has 2 nitrogen and oxygen atoms in total. The van der Waals surface area contributed by atoms with Crippen molar-refractivity contribution in [3.8, 4) is 0 Å². The Bertz CT molecular complexity index is 168. The van der Waals surface area contributed by atoms with E-state index < -0.39 is 0 Å². The van der Waals surface area contributed by atoms with Crippen LogP contribution in [0.15, 0.2) is 0 Å². The fourth-order valence-electron chi connectivity index (χ4n) is 2.81. The third-order valence-corrected chi connectivity index (χ3v) is 3.83. The third-order valence-electron chi connectivity index (χ3n) is 3.83. The molecule has 1 aliphatic carbocycles. The molecule has 1 aliphatic rings. The summed E-state index contributed by atoms with van der Waals surface area (Å²) in [4.78, 5) is 2.62. The Morgan fingerprint density at radius 2 is 1.93 bits per heavy atom. The molecule has 2 unspecified atom stereocenters. The Balaban J connectivity index is 2.42. The van der Waals surface area contributed by atoms with Crippen LogP contribution in [0.2, 0.25) is 0 Å². The third kappa shape index (κ3) is 3.76. The minimum Gasteiger partial charge on any atom is -0.330 e. The predicted octanol–water partition coefficient (Wildman–Crippen LogP) is 2.48. The van der Waals surface area contributed by atoms with E-state index in [-0.39, 0.29) is 0 Å². The molecule has 1 fully saturated rings. The van der Waals surface area contributed by atoms with Crippen LogP contribution in [0.3, 0.4) is 0 Å². The smallest absolute Gasteiger partial charge is 0.00387 e. The molecule has 0 saturated heterocycles. The minimum atomic E-state index is 0.684. The van der Waals surface area contributed by atoms with E-state index in [9.17, 15) is 0 Å². The van der Waals surface area contributed by atoms with Gasteiger partial charge in [-0.3, -0.25) is 0 Å². The fraction of sp³-hybridized carbons (Fsp3) is 1.00. The Kier molecular flexibility index (Phi) is 5.62. The van der Waals surface area contributed by atoms with Crippen LogP contribution >= 0.6 is 0 Å². The molecule has 0 spiro atoms. The number of rotatable bonds is 6. The molecule has 2 heteroatoms. The quantitative estimate of drug-likeness (QED) is 0.733. The molecule has 1 saturated carbocycles. The van der Waals surface area contributed by atoms with Gasteiger partial charge in [-0.25, -0.2) is 0 Å². The van der Waals surface area contributed by atoms with Crippen molar-refractivity contribution in [2.24, 2.45) is 17.6 Å². The van der Waals surface area contributed by atoms with Crippen molar-refractivity contribution >= 4 is 0 Å². The molecule has 1 rings (SSSR count). The highest BCUT2D eigenvalue weighted by Gasteiger charge is 2.27. The first-order valence-corrected chi connectivity index (χ1v) is 6.63. The maximum Gasteiger partial charge on any atom is 0.00387 e. The summed E-state index contributed by atoms with van der Waals surface area (Å²) in [6.45, 7) is 10.3. The Hall–Kier alpha value is -0.0800. The Morgan fingerprint density at radius 3 is 2.47 bits per heavy atom. The van der Waals surface area contributed by atoms with Crippen molar-refractivity contribution in [2.75, 3.05) is 19.6 Å². The molecule has 0 aromatic heterocycles. The van der Waals surface area contributed by atoms with Gasteiger partial charge in [0, 0.05) is 12.6 Å². The zero-order valence-electron chi connectivity index (χ0n) is 10.7. The van der Waals surface area contributed by atoms with Crippen LogP contribution in [-0.4, -0.2) is 30.6 Å². The lowest BCUT2D eigenvalue weighted by Crippen LogP contribution is -2.38. The molecule has 0 aromatic carbocycles. The molecule has 0 aliphatic heterocycles. The van der Waals surface area contributed by atoms with Crippen LogP contribution in [0, 0.1) is 11.8 Å². The van der Waals surface area contributed by atoms with Crippen LogP contribution in [-0.2, 0) is 0 Å². The molecule has 90 valence electrons. The molecule has 15 heavy (non-hydrogen) atoms. The van der Waals surface area contributed by atoms with E-state index in [0.717, 1.165) is 18.4 Å². The second-order valence-electron chi connectivity index (χ2n) is 5.28. The van der Waals surface area contributed by atoms with Gasteiger partial charge in [0.05, 0.1) is 0 Å². The monoisotopic (exact) mass is 212 g/mol. The van der Waals surface area contributed by atoms with E-state index in [1.807, 2.05) is 0 Å². The number of nitrogens with zero attached hydrogens (tertiary/aromatic N) is 1. The molecular weight excluding hydrogens is 184 g/mol. The zero-order valence-corrected chi connectivity index (χ0v) is 10.7. The van der Waals surface area contributed by atoms with Gasteiger partial charge >= 0.3 is 0 Å². The molecule has 0 radical (unpaired) electrons. The predicted molar refractivity (Wildman–Crippen MR) is 66.9 cm³/mol. The average Bonchev–Trinajstić information content (AvgIpc) is 2.64. The molecule has 0 amide bonds. The second-order valence-corrected chi connectivity index (χ2v) is 5.28. The van der Waals surface area contributed by atoms with Gasteiger partial charge in [0.15, 0.2) is 0 Å². The van der Waals surface area contributed by atoms with Gasteiger partial charge in [-0.05, 0) is 58.0 Å². The molecular formula is C13H28N2. The van der Waals surface area contributed by atoms with Gasteiger partial charge in [-0.15, -0.1) is 0 Å². The largest absolute Gasteiger partial charge is 0.330 e. The fourth-order valence-corrected chi connectivity index (χ4v) is 2.81. The normalized spacial score (nSPS) is 26.8. The summed E-state index contributed by atoms with van der Waals surface area (Å²) in [6.07, 6.45) is 5.41. The number of hydrogen-bond donors (Lipinski definition) is 1. The topological polar surface area (TPSA) is 29.3 Å². The van der Waals surface area contributed by atoms with Crippen LogP contribution < -0.4 is 5.73 Å². The highest BCUT2D eigenvalue weighted by atomic mass is 15.1. The summed E-state index contributed by atoms with van der Waals surface area (Å²) in [5.74, 6) is 1.66. The summed E-state index contributed by atoms with van der Waals surface area (Å²) in [5.41, 5.74) is 5.83. The maximum atomic E-state index is 5.83. The summed E-state index contributed by atoms with van der Waals surface area (Å²) < 4.78 is 0. The molecule has 2 atom stereocenters. The minimum absolute atomic E-state index is 0.684. The lowest BCUT2D eigenvalue weighted by Gasteiger charge is -2.31. The van der Waals surface area contributed by atoms with Crippen molar-refractivity contribution in [2.45, 2.75) is 52.5 Å². The van der Waals surface area contributed by atoms with Crippen molar-refractivity contribution in [1.29, 1.82) is 0 Å². The summed E-state index contributed by atoms with van der Waals surface area (Å²) in [5, 5.41) is 0. The van der Waals surface area contributed by atoms with Gasteiger partial charge in [-0.2, -0.15) is 0 Å². The summed E-state index contributed by atoms with van der Waals surface area (Å²) in [6, 6.07) is 0.684. The molecule has 0 bridgehead atoms. The zero-order chi connectivity index (χ0) is 11.3. The highest BCUT2D eigenvalue weighted by Crippen LogP contribution is 2.31. The van der Waals surface area contributed by atoms with Gasteiger partial charge < -0.3 is 10.6 Å². The van der Waals surface area contributed by atoms with E-state index in [1.54, 1.807) is 0 Å². The van der Waals surface area contributed by atoms with E-state index in [0.29, 0.717) is 6.04 Å². The summed E-state index contributed by atoms with van der Waals surface area (Å²) in [7, 11) is 0. The molecule has 0 aromatic rings. The second kappa shape index (κ2) is 6.49. The van der Waals surface area contributed by atoms with Gasteiger partial charge in [0.25, 0.3) is 0 Å². The number of hydrogen-bond acceptors (Lipinski definition) is 2. The Labute approximate surface area is 95.2 Å². The maximum absolute atomic E-state index is 5.83.